The van der Waals surface area contributed by atoms with E-state index in [0.29, 0.717) is 19.3 Å². The number of amides is 2. The Morgan fingerprint density at radius 3 is 2.16 bits per heavy atom. The quantitative estimate of drug-likeness (QED) is 0.241. The molecule has 0 aliphatic rings. The van der Waals surface area contributed by atoms with Crippen molar-refractivity contribution >= 4 is 17.8 Å². The van der Waals surface area contributed by atoms with E-state index in [9.17, 15) is 19.5 Å². The molecule has 2 atom stereocenters. The van der Waals surface area contributed by atoms with E-state index in [1.807, 2.05) is 50.3 Å². The molecular formula is C26H40N2O4. The zero-order valence-corrected chi connectivity index (χ0v) is 19.6. The fourth-order valence-corrected chi connectivity index (χ4v) is 3.57. The predicted molar refractivity (Wildman–Crippen MR) is 128 cm³/mol. The zero-order chi connectivity index (χ0) is 23.8. The summed E-state index contributed by atoms with van der Waals surface area (Å²) in [4.78, 5) is 36.9. The first-order valence-electron chi connectivity index (χ1n) is 11.8. The highest BCUT2D eigenvalue weighted by Crippen LogP contribution is 2.10. The van der Waals surface area contributed by atoms with Crippen LogP contribution in [0.15, 0.2) is 43.0 Å². The summed E-state index contributed by atoms with van der Waals surface area (Å²) < 4.78 is 0. The summed E-state index contributed by atoms with van der Waals surface area (Å²) in [5, 5.41) is 14.9. The van der Waals surface area contributed by atoms with Crippen LogP contribution >= 0.6 is 0 Å². The Kier molecular flexibility index (Phi) is 13.8. The number of aliphatic carboxylic acids is 1. The first-order valence-corrected chi connectivity index (χ1v) is 11.8. The van der Waals surface area contributed by atoms with Crippen molar-refractivity contribution in [2.75, 3.05) is 0 Å². The van der Waals surface area contributed by atoms with Gasteiger partial charge in [-0.05, 0) is 37.2 Å². The highest BCUT2D eigenvalue weighted by atomic mass is 16.4. The third-order valence-corrected chi connectivity index (χ3v) is 5.32. The molecular weight excluding hydrogens is 404 g/mol. The molecule has 6 nitrogen and oxygen atoms in total. The Morgan fingerprint density at radius 2 is 1.56 bits per heavy atom. The van der Waals surface area contributed by atoms with Gasteiger partial charge in [-0.15, -0.1) is 6.58 Å². The largest absolute Gasteiger partial charge is 0.480 e. The normalized spacial score (nSPS) is 12.7. The van der Waals surface area contributed by atoms with Gasteiger partial charge < -0.3 is 15.7 Å². The van der Waals surface area contributed by atoms with Crippen molar-refractivity contribution in [1.29, 1.82) is 0 Å². The number of allylic oxidation sites excluding steroid dienone is 1. The third kappa shape index (κ3) is 12.3. The first kappa shape index (κ1) is 27.4. The summed E-state index contributed by atoms with van der Waals surface area (Å²) in [6.07, 6.45) is 10.3. The molecule has 0 heterocycles. The smallest absolute Gasteiger partial charge is 0.326 e. The number of carbonyl (C=O) groups excluding carboxylic acids is 2. The van der Waals surface area contributed by atoms with Gasteiger partial charge in [-0.1, -0.05) is 75.9 Å². The minimum Gasteiger partial charge on any atom is -0.480 e. The molecule has 1 aromatic rings. The zero-order valence-electron chi connectivity index (χ0n) is 19.6. The summed E-state index contributed by atoms with van der Waals surface area (Å²) in [5.74, 6) is -1.58. The van der Waals surface area contributed by atoms with Gasteiger partial charge in [0.2, 0.25) is 11.8 Å². The number of nitrogens with one attached hydrogen (secondary N) is 2. The Hall–Kier alpha value is -2.63. The van der Waals surface area contributed by atoms with Crippen LogP contribution in [0, 0.1) is 5.92 Å². The van der Waals surface area contributed by atoms with Crippen molar-refractivity contribution < 1.29 is 19.5 Å². The number of hydrogen-bond donors (Lipinski definition) is 3. The number of unbranched alkanes of at least 4 members (excludes halogenated alkanes) is 6. The molecule has 0 fully saturated rings. The highest BCUT2D eigenvalue weighted by molar-refractivity contribution is 5.90. The van der Waals surface area contributed by atoms with Gasteiger partial charge in [0.1, 0.15) is 12.1 Å². The van der Waals surface area contributed by atoms with Crippen LogP contribution < -0.4 is 10.6 Å². The Labute approximate surface area is 192 Å². The van der Waals surface area contributed by atoms with Gasteiger partial charge in [-0.25, -0.2) is 4.79 Å². The second kappa shape index (κ2) is 16.1. The number of benzene rings is 1. The number of carbonyl (C=O) groups is 3. The maximum Gasteiger partial charge on any atom is 0.326 e. The van der Waals surface area contributed by atoms with Crippen molar-refractivity contribution in [2.24, 2.45) is 5.92 Å². The summed E-state index contributed by atoms with van der Waals surface area (Å²) in [6, 6.07) is 7.64. The second-order valence-electron chi connectivity index (χ2n) is 8.79. The summed E-state index contributed by atoms with van der Waals surface area (Å²) >= 11 is 0. The third-order valence-electron chi connectivity index (χ3n) is 5.32. The lowest BCUT2D eigenvalue weighted by Crippen LogP contribution is -2.52. The number of hydrogen-bond acceptors (Lipinski definition) is 3. The van der Waals surface area contributed by atoms with E-state index in [1.165, 1.54) is 6.42 Å². The van der Waals surface area contributed by atoms with Crippen LogP contribution in [0.1, 0.15) is 77.2 Å². The van der Waals surface area contributed by atoms with Crippen LogP contribution in [0.2, 0.25) is 0 Å². The van der Waals surface area contributed by atoms with Crippen molar-refractivity contribution in [3.8, 4) is 0 Å². The van der Waals surface area contributed by atoms with E-state index in [4.69, 9.17) is 0 Å². The van der Waals surface area contributed by atoms with E-state index < -0.39 is 24.0 Å². The summed E-state index contributed by atoms with van der Waals surface area (Å²) in [7, 11) is 0. The Morgan fingerprint density at radius 1 is 0.938 bits per heavy atom. The van der Waals surface area contributed by atoms with Gasteiger partial charge in [0.25, 0.3) is 0 Å². The molecule has 1 rings (SSSR count). The Bertz CT molecular complexity index is 703. The lowest BCUT2D eigenvalue weighted by Gasteiger charge is -2.22. The van der Waals surface area contributed by atoms with Crippen LogP contribution in [0.4, 0.5) is 0 Å². The fourth-order valence-electron chi connectivity index (χ4n) is 3.57. The van der Waals surface area contributed by atoms with Gasteiger partial charge in [-0.2, -0.15) is 0 Å². The molecule has 0 aromatic heterocycles. The van der Waals surface area contributed by atoms with Crippen molar-refractivity contribution in [3.63, 3.8) is 0 Å². The van der Waals surface area contributed by atoms with Crippen molar-refractivity contribution in [3.05, 3.63) is 48.6 Å². The number of rotatable bonds is 17. The van der Waals surface area contributed by atoms with E-state index in [1.54, 1.807) is 0 Å². The highest BCUT2D eigenvalue weighted by Gasteiger charge is 2.27. The van der Waals surface area contributed by atoms with E-state index in [0.717, 1.165) is 44.1 Å². The molecule has 3 N–H and O–H groups in total. The molecule has 0 bridgehead atoms. The lowest BCUT2D eigenvalue weighted by atomic mass is 10.0. The van der Waals surface area contributed by atoms with Crippen LogP contribution in [0.5, 0.6) is 0 Å². The van der Waals surface area contributed by atoms with Crippen LogP contribution in [-0.2, 0) is 20.8 Å². The van der Waals surface area contributed by atoms with Gasteiger partial charge >= 0.3 is 5.97 Å². The molecule has 0 aliphatic heterocycles. The minimum atomic E-state index is -1.06. The molecule has 178 valence electrons. The topological polar surface area (TPSA) is 95.5 Å². The summed E-state index contributed by atoms with van der Waals surface area (Å²) in [6.45, 7) is 7.54. The molecule has 32 heavy (non-hydrogen) atoms. The van der Waals surface area contributed by atoms with Gasteiger partial charge in [0.15, 0.2) is 0 Å². The predicted octanol–water partition coefficient (Wildman–Crippen LogP) is 4.64. The molecule has 1 aromatic carbocycles. The van der Waals surface area contributed by atoms with Gasteiger partial charge in [0, 0.05) is 12.8 Å². The average Bonchev–Trinajstić information content (AvgIpc) is 2.75. The van der Waals surface area contributed by atoms with Crippen molar-refractivity contribution in [2.45, 2.75) is 90.1 Å². The maximum atomic E-state index is 12.9. The minimum absolute atomic E-state index is 0.121. The van der Waals surface area contributed by atoms with Crippen molar-refractivity contribution in [1.82, 2.24) is 10.6 Å². The lowest BCUT2D eigenvalue weighted by molar-refractivity contribution is -0.142. The van der Waals surface area contributed by atoms with Gasteiger partial charge in [0.05, 0.1) is 0 Å². The van der Waals surface area contributed by atoms with Crippen LogP contribution in [-0.4, -0.2) is 35.0 Å². The monoisotopic (exact) mass is 444 g/mol. The molecule has 6 heteroatoms. The molecule has 0 saturated heterocycles. The van der Waals surface area contributed by atoms with E-state index in [-0.39, 0.29) is 11.8 Å². The van der Waals surface area contributed by atoms with Gasteiger partial charge in [-0.3, -0.25) is 9.59 Å². The van der Waals surface area contributed by atoms with E-state index in [2.05, 4.69) is 17.2 Å². The number of carboxylic acid groups (broad SMARTS) is 1. The van der Waals surface area contributed by atoms with E-state index >= 15 is 0 Å². The standard InChI is InChI=1S/C26H40N2O4/c1-4-5-6-7-8-9-10-14-17-24(29)27-22(19-21-15-12-11-13-16-21)25(30)28-23(26(31)32)18-20(2)3/h4,11-13,15-16,20,22-23H,1,5-10,14,17-19H2,2-3H3,(H,27,29)(H,28,30)(H,31,32). The molecule has 0 saturated carbocycles. The fraction of sp³-hybridized carbons (Fsp3) is 0.577. The summed E-state index contributed by atoms with van der Waals surface area (Å²) in [5.41, 5.74) is 0.906. The molecule has 0 aliphatic carbocycles. The second-order valence-corrected chi connectivity index (χ2v) is 8.79. The molecule has 0 radical (unpaired) electrons. The SMILES string of the molecule is C=CCCCCCCCCC(=O)NC(Cc1ccccc1)C(=O)NC(CC(C)C)C(=O)O. The maximum absolute atomic E-state index is 12.9. The van der Waals surface area contributed by atoms with Crippen LogP contribution in [0.3, 0.4) is 0 Å². The Balaban J connectivity index is 2.61. The average molecular weight is 445 g/mol. The number of carboxylic acids is 1. The van der Waals surface area contributed by atoms with Crippen LogP contribution in [0.25, 0.3) is 0 Å². The molecule has 2 amide bonds. The molecule has 2 unspecified atom stereocenters. The first-order chi connectivity index (χ1) is 15.3. The molecule has 0 spiro atoms.